The maximum atomic E-state index is 5.58. The van der Waals surface area contributed by atoms with E-state index in [-0.39, 0.29) is 5.11 Å². The molecule has 0 atom stereocenters. The van der Waals surface area contributed by atoms with E-state index in [0.29, 0.717) is 13.2 Å². The Kier molecular flexibility index (Phi) is 6.03. The second-order valence-corrected chi connectivity index (χ2v) is 4.68. The summed E-state index contributed by atoms with van der Waals surface area (Å²) in [6, 6.07) is 1.96. The van der Waals surface area contributed by atoms with Crippen molar-refractivity contribution in [1.29, 1.82) is 0 Å². The maximum Gasteiger partial charge on any atom is 0.186 e. The maximum absolute atomic E-state index is 5.58. The summed E-state index contributed by atoms with van der Waals surface area (Å²) in [6.45, 7) is 3.25. The van der Waals surface area contributed by atoms with Gasteiger partial charge in [0.1, 0.15) is 0 Å². The van der Waals surface area contributed by atoms with Gasteiger partial charge in [-0.25, -0.2) is 5.01 Å². The molecule has 0 bridgehead atoms. The van der Waals surface area contributed by atoms with E-state index in [0.717, 1.165) is 17.0 Å². The Balaban J connectivity index is 2.54. The van der Waals surface area contributed by atoms with Gasteiger partial charge in [-0.2, -0.15) is 9.47 Å². The zero-order chi connectivity index (χ0) is 12.7. The smallest absolute Gasteiger partial charge is 0.186 e. The molecular weight excluding hydrogens is 256 g/mol. The van der Waals surface area contributed by atoms with Gasteiger partial charge in [0.2, 0.25) is 0 Å². The van der Waals surface area contributed by atoms with Crippen molar-refractivity contribution in [3.05, 3.63) is 16.6 Å². The molecule has 1 aromatic rings. The third kappa shape index (κ3) is 5.20. The highest BCUT2D eigenvalue weighted by molar-refractivity contribution is 7.80. The van der Waals surface area contributed by atoms with Crippen LogP contribution in [-0.4, -0.2) is 41.0 Å². The molecule has 0 aliphatic carbocycles. The van der Waals surface area contributed by atoms with Crippen LogP contribution in [0.5, 0.6) is 0 Å². The molecule has 0 amide bonds. The van der Waals surface area contributed by atoms with Gasteiger partial charge in [0.15, 0.2) is 5.11 Å². The molecule has 0 radical (unpaired) electrons. The van der Waals surface area contributed by atoms with Gasteiger partial charge in [-0.05, 0) is 43.2 Å². The number of nitrogens with zero attached hydrogens (tertiary/aromatic N) is 3. The molecule has 2 N–H and O–H groups in total. The highest BCUT2D eigenvalue weighted by Gasteiger charge is 2.03. The second-order valence-electron chi connectivity index (χ2n) is 3.42. The van der Waals surface area contributed by atoms with Crippen LogP contribution in [-0.2, 0) is 4.74 Å². The molecular formula is C10H16N4OS2. The van der Waals surface area contributed by atoms with Crippen LogP contribution in [0.3, 0.4) is 0 Å². The molecule has 0 aliphatic heterocycles. The minimum atomic E-state index is 0.263. The molecule has 1 heterocycles. The van der Waals surface area contributed by atoms with Gasteiger partial charge in [-0.3, -0.25) is 0 Å². The standard InChI is InChI=1S/C10H16N4OS2/c1-8-6-9(17-13-8)7-12-14(10(11)16)4-3-5-15-2/h6-7H,3-5H2,1-2H3,(H2,11,16)/b12-7+. The summed E-state index contributed by atoms with van der Waals surface area (Å²) in [5.74, 6) is 0. The van der Waals surface area contributed by atoms with E-state index >= 15 is 0 Å². The fraction of sp³-hybridized carbons (Fsp3) is 0.500. The third-order valence-corrected chi connectivity index (χ3v) is 2.97. The highest BCUT2D eigenvalue weighted by Crippen LogP contribution is 2.06. The number of hydrogen-bond donors (Lipinski definition) is 1. The van der Waals surface area contributed by atoms with E-state index in [1.165, 1.54) is 11.5 Å². The average Bonchev–Trinajstić information content (AvgIpc) is 2.69. The van der Waals surface area contributed by atoms with Gasteiger partial charge in [0.05, 0.1) is 16.8 Å². The molecule has 5 nitrogen and oxygen atoms in total. The van der Waals surface area contributed by atoms with Crippen LogP contribution in [0.4, 0.5) is 0 Å². The first-order valence-corrected chi connectivity index (χ1v) is 6.35. The predicted molar refractivity (Wildman–Crippen MR) is 74.4 cm³/mol. The van der Waals surface area contributed by atoms with Crippen LogP contribution < -0.4 is 5.73 Å². The summed E-state index contributed by atoms with van der Waals surface area (Å²) in [6.07, 6.45) is 2.55. The summed E-state index contributed by atoms with van der Waals surface area (Å²) >= 11 is 6.32. The number of ether oxygens (including phenoxy) is 1. The van der Waals surface area contributed by atoms with Crippen molar-refractivity contribution in [3.8, 4) is 0 Å². The Hall–Kier alpha value is -1.05. The fourth-order valence-electron chi connectivity index (χ4n) is 1.15. The minimum absolute atomic E-state index is 0.263. The topological polar surface area (TPSA) is 63.7 Å². The molecule has 0 unspecified atom stereocenters. The lowest BCUT2D eigenvalue weighted by atomic mass is 10.4. The zero-order valence-electron chi connectivity index (χ0n) is 9.92. The van der Waals surface area contributed by atoms with Crippen LogP contribution in [0.25, 0.3) is 0 Å². The van der Waals surface area contributed by atoms with Crippen molar-refractivity contribution in [2.75, 3.05) is 20.3 Å². The lowest BCUT2D eigenvalue weighted by Gasteiger charge is -2.15. The van der Waals surface area contributed by atoms with E-state index in [1.54, 1.807) is 18.3 Å². The van der Waals surface area contributed by atoms with E-state index in [4.69, 9.17) is 22.7 Å². The number of hydrogen-bond acceptors (Lipinski definition) is 5. The predicted octanol–water partition coefficient (Wildman–Crippen LogP) is 1.37. The quantitative estimate of drug-likeness (QED) is 0.367. The van der Waals surface area contributed by atoms with Crippen molar-refractivity contribution in [2.45, 2.75) is 13.3 Å². The molecule has 0 fully saturated rings. The van der Waals surface area contributed by atoms with Crippen LogP contribution >= 0.6 is 23.8 Å². The monoisotopic (exact) mass is 272 g/mol. The van der Waals surface area contributed by atoms with Gasteiger partial charge in [-0.1, -0.05) is 0 Å². The number of aryl methyl sites for hydroxylation is 1. The van der Waals surface area contributed by atoms with E-state index in [9.17, 15) is 0 Å². The van der Waals surface area contributed by atoms with Gasteiger partial charge in [0, 0.05) is 20.3 Å². The SMILES string of the molecule is COCCCN(/N=C/c1cc(C)ns1)C(N)=S. The van der Waals surface area contributed by atoms with Crippen molar-refractivity contribution >= 4 is 35.1 Å². The Morgan fingerprint density at radius 3 is 3.06 bits per heavy atom. The molecule has 1 rings (SSSR count). The highest BCUT2D eigenvalue weighted by atomic mass is 32.1. The van der Waals surface area contributed by atoms with E-state index in [2.05, 4.69) is 9.47 Å². The second kappa shape index (κ2) is 7.31. The van der Waals surface area contributed by atoms with Crippen molar-refractivity contribution in [3.63, 3.8) is 0 Å². The fourth-order valence-corrected chi connectivity index (χ4v) is 1.91. The lowest BCUT2D eigenvalue weighted by molar-refractivity contribution is 0.187. The number of methoxy groups -OCH3 is 1. The molecule has 7 heteroatoms. The minimum Gasteiger partial charge on any atom is -0.385 e. The molecule has 0 aromatic carbocycles. The van der Waals surface area contributed by atoms with E-state index in [1.807, 2.05) is 13.0 Å². The normalized spacial score (nSPS) is 10.9. The van der Waals surface area contributed by atoms with Gasteiger partial charge in [0.25, 0.3) is 0 Å². The first-order valence-electron chi connectivity index (χ1n) is 5.16. The summed E-state index contributed by atoms with van der Waals surface area (Å²) < 4.78 is 9.13. The lowest BCUT2D eigenvalue weighted by Crippen LogP contribution is -2.32. The van der Waals surface area contributed by atoms with Crippen molar-refractivity contribution in [1.82, 2.24) is 9.38 Å². The summed E-state index contributed by atoms with van der Waals surface area (Å²) in [7, 11) is 1.66. The van der Waals surface area contributed by atoms with Crippen LogP contribution in [0.15, 0.2) is 11.2 Å². The molecule has 17 heavy (non-hydrogen) atoms. The Bertz CT molecular complexity index is 391. The number of thiocarbonyl (C=S) groups is 1. The molecule has 1 aromatic heterocycles. The Labute approximate surface area is 110 Å². The summed E-state index contributed by atoms with van der Waals surface area (Å²) in [4.78, 5) is 0.982. The van der Waals surface area contributed by atoms with E-state index < -0.39 is 0 Å². The van der Waals surface area contributed by atoms with Crippen LogP contribution in [0.2, 0.25) is 0 Å². The number of rotatable bonds is 6. The molecule has 94 valence electrons. The van der Waals surface area contributed by atoms with Gasteiger partial charge in [-0.15, -0.1) is 0 Å². The average molecular weight is 272 g/mol. The first-order chi connectivity index (χ1) is 8.13. The zero-order valence-corrected chi connectivity index (χ0v) is 11.6. The summed E-state index contributed by atoms with van der Waals surface area (Å²) in [5.41, 5.74) is 6.56. The largest absolute Gasteiger partial charge is 0.385 e. The number of nitrogens with two attached hydrogens (primary N) is 1. The molecule has 0 aliphatic rings. The first kappa shape index (κ1) is 14.0. The molecule has 0 saturated carbocycles. The van der Waals surface area contributed by atoms with Gasteiger partial charge >= 0.3 is 0 Å². The Morgan fingerprint density at radius 2 is 2.53 bits per heavy atom. The summed E-state index contributed by atoms with van der Waals surface area (Å²) in [5, 5.41) is 6.08. The van der Waals surface area contributed by atoms with Crippen molar-refractivity contribution in [2.24, 2.45) is 10.8 Å². The van der Waals surface area contributed by atoms with Gasteiger partial charge < -0.3 is 10.5 Å². The van der Waals surface area contributed by atoms with Crippen LogP contribution in [0.1, 0.15) is 17.0 Å². The van der Waals surface area contributed by atoms with Crippen LogP contribution in [0, 0.1) is 6.92 Å². The van der Waals surface area contributed by atoms with Crippen molar-refractivity contribution < 1.29 is 4.74 Å². The third-order valence-electron chi connectivity index (χ3n) is 1.94. The Morgan fingerprint density at radius 1 is 1.76 bits per heavy atom. The molecule has 0 saturated heterocycles. The number of aromatic nitrogens is 1. The number of hydrazone groups is 1. The molecule has 0 spiro atoms.